The van der Waals surface area contributed by atoms with Gasteiger partial charge >= 0.3 is 17.9 Å². The summed E-state index contributed by atoms with van der Waals surface area (Å²) in [6, 6.07) is 13.1. The van der Waals surface area contributed by atoms with Crippen LogP contribution in [0.1, 0.15) is 52.7 Å². The van der Waals surface area contributed by atoms with Gasteiger partial charge in [0.05, 0.1) is 40.9 Å². The summed E-state index contributed by atoms with van der Waals surface area (Å²) in [5.74, 6) is -3.21. The largest absolute Gasteiger partial charge is 0.496 e. The Balaban J connectivity index is 1.77. The molecule has 43 heavy (non-hydrogen) atoms. The maximum Gasteiger partial charge on any atom is 0.309 e. The molecule has 4 aromatic rings. The second-order valence-corrected chi connectivity index (χ2v) is 11.8. The average Bonchev–Trinajstić information content (AvgIpc) is 2.95. The third-order valence-electron chi connectivity index (χ3n) is 8.20. The molecule has 10 nitrogen and oxygen atoms in total. The van der Waals surface area contributed by atoms with E-state index in [1.54, 1.807) is 33.9 Å². The van der Waals surface area contributed by atoms with E-state index in [4.69, 9.17) is 18.9 Å². The van der Waals surface area contributed by atoms with Gasteiger partial charge in [-0.3, -0.25) is 19.2 Å². The van der Waals surface area contributed by atoms with Gasteiger partial charge in [-0.1, -0.05) is 38.1 Å². The first-order valence-electron chi connectivity index (χ1n) is 14.1. The fourth-order valence-corrected chi connectivity index (χ4v) is 6.00. The van der Waals surface area contributed by atoms with E-state index in [1.807, 2.05) is 41.0 Å². The van der Waals surface area contributed by atoms with E-state index < -0.39 is 47.6 Å². The third-order valence-corrected chi connectivity index (χ3v) is 8.20. The van der Waals surface area contributed by atoms with Gasteiger partial charge in [0.1, 0.15) is 17.1 Å². The molecule has 1 N–H and O–H groups in total. The molecule has 1 aliphatic heterocycles. The number of aryl methyl sites for hydroxylation is 1. The number of aliphatic carboxylic acids is 1. The van der Waals surface area contributed by atoms with Crippen molar-refractivity contribution < 1.29 is 38.4 Å². The van der Waals surface area contributed by atoms with Crippen molar-refractivity contribution in [3.05, 3.63) is 58.3 Å². The van der Waals surface area contributed by atoms with Crippen molar-refractivity contribution >= 4 is 50.5 Å². The summed E-state index contributed by atoms with van der Waals surface area (Å²) >= 11 is 0. The lowest BCUT2D eigenvalue weighted by atomic mass is 9.86. The van der Waals surface area contributed by atoms with Crippen molar-refractivity contribution in [1.82, 2.24) is 4.57 Å². The predicted molar refractivity (Wildman–Crippen MR) is 160 cm³/mol. The van der Waals surface area contributed by atoms with Crippen LogP contribution in [0.2, 0.25) is 0 Å². The number of pyridine rings is 1. The molecule has 0 bridgehead atoms. The van der Waals surface area contributed by atoms with Crippen LogP contribution < -0.4 is 14.9 Å². The highest BCUT2D eigenvalue weighted by Crippen LogP contribution is 2.49. The first-order valence-corrected chi connectivity index (χ1v) is 14.1. The zero-order valence-electron chi connectivity index (χ0n) is 25.2. The molecule has 0 saturated heterocycles. The third kappa shape index (κ3) is 5.15. The Morgan fingerprint density at radius 3 is 2.30 bits per heavy atom. The van der Waals surface area contributed by atoms with Crippen LogP contribution >= 0.6 is 0 Å². The van der Waals surface area contributed by atoms with Crippen LogP contribution in [0.5, 0.6) is 11.5 Å². The van der Waals surface area contributed by atoms with Gasteiger partial charge in [-0.05, 0) is 43.2 Å². The molecule has 4 atom stereocenters. The van der Waals surface area contributed by atoms with Crippen LogP contribution in [0.4, 0.5) is 0 Å². The van der Waals surface area contributed by atoms with Crippen LogP contribution in [-0.2, 0) is 30.9 Å². The molecule has 2 unspecified atom stereocenters. The molecular weight excluding hydrogens is 554 g/mol. The Morgan fingerprint density at radius 1 is 1.05 bits per heavy atom. The van der Waals surface area contributed by atoms with Gasteiger partial charge in [0, 0.05) is 25.4 Å². The van der Waals surface area contributed by atoms with Gasteiger partial charge in [-0.15, -0.1) is 0 Å². The fourth-order valence-electron chi connectivity index (χ4n) is 6.00. The number of carbonyl (C=O) groups excluding carboxylic acids is 2. The number of hydrogen-bond acceptors (Lipinski definition) is 8. The zero-order chi connectivity index (χ0) is 31.4. The number of benzene rings is 3. The maximum atomic E-state index is 14.1. The van der Waals surface area contributed by atoms with Crippen molar-refractivity contribution in [1.29, 1.82) is 0 Å². The molecule has 0 aliphatic carbocycles. The van der Waals surface area contributed by atoms with Crippen molar-refractivity contribution in [3.63, 3.8) is 0 Å². The Hall–Kier alpha value is -4.60. The Bertz CT molecular complexity index is 1860. The fraction of sp³-hybridized carbons (Fsp3) is 0.394. The SMILES string of the molecule is COc1cc2c(c3c1c(=O)c1cc4ccccc4cc1n3C)[C@H](OC(C)=O)[C@H](OC(=O)C(C)CC(C)C(=O)O)C(C)(C)O2. The van der Waals surface area contributed by atoms with Gasteiger partial charge in [0.25, 0.3) is 0 Å². The highest BCUT2D eigenvalue weighted by atomic mass is 16.6. The molecule has 226 valence electrons. The second kappa shape index (κ2) is 10.9. The lowest BCUT2D eigenvalue weighted by Gasteiger charge is -2.44. The Morgan fingerprint density at radius 2 is 1.70 bits per heavy atom. The standard InChI is InChI=1S/C33H35NO9/c1-16(31(37)38)12-17(2)32(39)42-30-29(41-18(3)35)26-24(43-33(30,4)5)15-23(40-7)25-27(26)34(6)22-14-20-11-9-8-10-19(20)13-21(22)28(25)36/h8-11,13-17,29-30H,12H2,1-7H3,(H,37,38)/t16?,17?,29-,30-/m0/s1. The summed E-state index contributed by atoms with van der Waals surface area (Å²) in [6.45, 7) is 7.78. The number of nitrogens with zero attached hydrogens (tertiary/aromatic N) is 1. The first kappa shape index (κ1) is 29.9. The number of aromatic nitrogens is 1. The number of ether oxygens (including phenoxy) is 4. The van der Waals surface area contributed by atoms with Gasteiger partial charge in [0.2, 0.25) is 5.43 Å². The van der Waals surface area contributed by atoms with E-state index in [9.17, 15) is 24.3 Å². The highest BCUT2D eigenvalue weighted by molar-refractivity contribution is 6.04. The minimum atomic E-state index is -1.19. The topological polar surface area (TPSA) is 130 Å². The van der Waals surface area contributed by atoms with Crippen LogP contribution in [0.15, 0.2) is 47.3 Å². The quantitative estimate of drug-likeness (QED) is 0.226. The van der Waals surface area contributed by atoms with Crippen LogP contribution in [0, 0.1) is 11.8 Å². The number of carboxylic acids is 1. The van der Waals surface area contributed by atoms with Gasteiger partial charge in [-0.2, -0.15) is 0 Å². The van der Waals surface area contributed by atoms with Crippen molar-refractivity contribution in [2.45, 2.75) is 58.8 Å². The van der Waals surface area contributed by atoms with E-state index in [-0.39, 0.29) is 23.0 Å². The summed E-state index contributed by atoms with van der Waals surface area (Å²) in [5, 5.41) is 11.9. The van der Waals surface area contributed by atoms with E-state index >= 15 is 0 Å². The lowest BCUT2D eigenvalue weighted by molar-refractivity contribution is -0.192. The number of carboxylic acid groups (broad SMARTS) is 1. The molecule has 2 heterocycles. The molecule has 0 fully saturated rings. The van der Waals surface area contributed by atoms with E-state index in [0.717, 1.165) is 10.8 Å². The zero-order valence-corrected chi connectivity index (χ0v) is 25.2. The summed E-state index contributed by atoms with van der Waals surface area (Å²) in [6.07, 6.45) is -2.22. The number of fused-ring (bicyclic) bond motifs is 5. The molecule has 1 aliphatic rings. The number of hydrogen-bond donors (Lipinski definition) is 1. The molecule has 0 amide bonds. The van der Waals surface area contributed by atoms with Crippen molar-refractivity contribution in [3.8, 4) is 11.5 Å². The predicted octanol–water partition coefficient (Wildman–Crippen LogP) is 5.29. The summed E-state index contributed by atoms with van der Waals surface area (Å²) in [7, 11) is 3.27. The molecule has 0 spiro atoms. The molecule has 3 aromatic carbocycles. The second-order valence-electron chi connectivity index (χ2n) is 11.8. The summed E-state index contributed by atoms with van der Waals surface area (Å²) in [5.41, 5.74) is -0.0413. The number of methoxy groups -OCH3 is 1. The minimum absolute atomic E-state index is 0.0611. The molecule has 5 rings (SSSR count). The van der Waals surface area contributed by atoms with Crippen molar-refractivity contribution in [2.24, 2.45) is 18.9 Å². The molecule has 0 radical (unpaired) electrons. The normalized spacial score (nSPS) is 18.9. The van der Waals surface area contributed by atoms with E-state index in [2.05, 4.69) is 0 Å². The monoisotopic (exact) mass is 589 g/mol. The van der Waals surface area contributed by atoms with Gasteiger partial charge in [-0.25, -0.2) is 0 Å². The number of esters is 2. The molecular formula is C33H35NO9. The molecule has 0 saturated carbocycles. The minimum Gasteiger partial charge on any atom is -0.496 e. The van der Waals surface area contributed by atoms with Gasteiger partial charge in [0.15, 0.2) is 12.2 Å². The molecule has 10 heteroatoms. The van der Waals surface area contributed by atoms with Crippen molar-refractivity contribution in [2.75, 3.05) is 7.11 Å². The van der Waals surface area contributed by atoms with Crippen LogP contribution in [-0.4, -0.2) is 46.4 Å². The average molecular weight is 590 g/mol. The van der Waals surface area contributed by atoms with E-state index in [1.165, 1.54) is 21.0 Å². The van der Waals surface area contributed by atoms with Crippen LogP contribution in [0.3, 0.4) is 0 Å². The van der Waals surface area contributed by atoms with E-state index in [0.29, 0.717) is 27.7 Å². The smallest absolute Gasteiger partial charge is 0.309 e. The lowest BCUT2D eigenvalue weighted by Crippen LogP contribution is -2.52. The molecule has 1 aromatic heterocycles. The highest BCUT2D eigenvalue weighted by Gasteiger charge is 2.50. The maximum absolute atomic E-state index is 14.1. The first-order chi connectivity index (χ1) is 20.2. The van der Waals surface area contributed by atoms with Crippen LogP contribution in [0.25, 0.3) is 32.6 Å². The summed E-state index contributed by atoms with van der Waals surface area (Å²) < 4.78 is 25.8. The van der Waals surface area contributed by atoms with Gasteiger partial charge < -0.3 is 28.6 Å². The Kier molecular flexibility index (Phi) is 7.58. The number of carbonyl (C=O) groups is 3. The summed E-state index contributed by atoms with van der Waals surface area (Å²) in [4.78, 5) is 51.4. The number of rotatable bonds is 7. The Labute approximate surface area is 248 Å².